The maximum Gasteiger partial charge on any atom is 0.333 e. The van der Waals surface area contributed by atoms with Gasteiger partial charge in [0.2, 0.25) is 0 Å². The highest BCUT2D eigenvalue weighted by molar-refractivity contribution is 6.07. The number of fused-ring (bicyclic) bond motifs is 3. The summed E-state index contributed by atoms with van der Waals surface area (Å²) >= 11 is 0. The molecule has 4 aromatic rings. The SMILES string of the molecule is COc1cc2ncc3c(c2cc1-c1cn(C)nc1C)n(C1=C(F)C=NC[C@H]1OC)c(=O)n3C. The molecule has 5 rings (SSSR count). The van der Waals surface area contributed by atoms with Crippen LogP contribution >= 0.6 is 0 Å². The van der Waals surface area contributed by atoms with E-state index in [1.54, 1.807) is 25.0 Å². The van der Waals surface area contributed by atoms with E-state index in [0.717, 1.165) is 23.0 Å². The fraction of sp³-hybridized carbons (Fsp3) is 0.304. The number of ether oxygens (including phenoxy) is 2. The number of nitrogens with zero attached hydrogens (tertiary/aromatic N) is 6. The predicted molar refractivity (Wildman–Crippen MR) is 124 cm³/mol. The fourth-order valence-corrected chi connectivity index (χ4v) is 4.46. The average molecular weight is 450 g/mol. The van der Waals surface area contributed by atoms with E-state index in [2.05, 4.69) is 15.1 Å². The molecule has 10 heteroatoms. The minimum atomic E-state index is -0.695. The Morgan fingerprint density at radius 3 is 2.64 bits per heavy atom. The standard InChI is InChI=1S/C23H23FN6O3/c1-12-15(11-28(2)27-12)13-6-14-17(7-19(13)32-4)26-9-18-21(14)30(23(31)29(18)3)22-16(24)8-25-10-20(22)33-5/h6-9,11,20H,10H2,1-5H3/t20-/m1/s1. The van der Waals surface area contributed by atoms with E-state index in [-0.39, 0.29) is 12.2 Å². The molecule has 0 saturated heterocycles. The van der Waals surface area contributed by atoms with Gasteiger partial charge in [0.1, 0.15) is 11.9 Å². The molecular formula is C23H23FN6O3. The Bertz CT molecular complexity index is 1540. The number of methoxy groups -OCH3 is 2. The number of hydrogen-bond acceptors (Lipinski definition) is 6. The van der Waals surface area contributed by atoms with Gasteiger partial charge in [-0.3, -0.25) is 23.8 Å². The van der Waals surface area contributed by atoms with Crippen LogP contribution in [0.3, 0.4) is 0 Å². The van der Waals surface area contributed by atoms with Crippen LogP contribution in [0.5, 0.6) is 5.75 Å². The molecule has 0 unspecified atom stereocenters. The molecule has 1 aliphatic rings. The van der Waals surface area contributed by atoms with E-state index in [9.17, 15) is 4.79 Å². The lowest BCUT2D eigenvalue weighted by molar-refractivity contribution is 0.148. The van der Waals surface area contributed by atoms with Crippen LogP contribution in [0.2, 0.25) is 0 Å². The van der Waals surface area contributed by atoms with E-state index in [0.29, 0.717) is 27.7 Å². The summed E-state index contributed by atoms with van der Waals surface area (Å²) < 4.78 is 30.7. The maximum atomic E-state index is 15.0. The summed E-state index contributed by atoms with van der Waals surface area (Å²) in [6.07, 6.45) is 3.96. The lowest BCUT2D eigenvalue weighted by Gasteiger charge is -2.21. The number of aromatic nitrogens is 5. The molecule has 1 aromatic carbocycles. The Balaban J connectivity index is 1.93. The Labute approximate surface area is 188 Å². The van der Waals surface area contributed by atoms with E-state index < -0.39 is 17.6 Å². The van der Waals surface area contributed by atoms with Crippen molar-refractivity contribution < 1.29 is 13.9 Å². The molecule has 170 valence electrons. The zero-order valence-electron chi connectivity index (χ0n) is 19.0. The molecule has 0 amide bonds. The van der Waals surface area contributed by atoms with Gasteiger partial charge in [0.15, 0.2) is 5.83 Å². The van der Waals surface area contributed by atoms with Gasteiger partial charge in [-0.1, -0.05) is 0 Å². The van der Waals surface area contributed by atoms with Crippen LogP contribution in [-0.4, -0.2) is 57.0 Å². The summed E-state index contributed by atoms with van der Waals surface area (Å²) in [4.78, 5) is 21.9. The van der Waals surface area contributed by atoms with Crippen LogP contribution in [-0.2, 0) is 18.8 Å². The summed E-state index contributed by atoms with van der Waals surface area (Å²) in [5.74, 6) is 0.0183. The minimum absolute atomic E-state index is 0.130. The number of imidazole rings is 1. The van der Waals surface area contributed by atoms with Crippen molar-refractivity contribution in [2.45, 2.75) is 13.0 Å². The number of dihydropyridines is 1. The Morgan fingerprint density at radius 2 is 1.97 bits per heavy atom. The second kappa shape index (κ2) is 7.66. The highest BCUT2D eigenvalue weighted by Crippen LogP contribution is 2.38. The molecule has 1 atom stereocenters. The Morgan fingerprint density at radius 1 is 1.18 bits per heavy atom. The van der Waals surface area contributed by atoms with Crippen molar-refractivity contribution in [2.24, 2.45) is 19.1 Å². The van der Waals surface area contributed by atoms with Crippen molar-refractivity contribution in [3.63, 3.8) is 0 Å². The highest BCUT2D eigenvalue weighted by atomic mass is 19.1. The first-order chi connectivity index (χ1) is 15.8. The van der Waals surface area contributed by atoms with Gasteiger partial charge >= 0.3 is 5.69 Å². The van der Waals surface area contributed by atoms with Crippen LogP contribution in [0, 0.1) is 6.92 Å². The van der Waals surface area contributed by atoms with E-state index in [4.69, 9.17) is 9.47 Å². The lowest BCUT2D eigenvalue weighted by Crippen LogP contribution is -2.31. The van der Waals surface area contributed by atoms with Gasteiger partial charge in [0.25, 0.3) is 0 Å². The van der Waals surface area contributed by atoms with Gasteiger partial charge in [-0.2, -0.15) is 5.10 Å². The van der Waals surface area contributed by atoms with Gasteiger partial charge < -0.3 is 9.47 Å². The van der Waals surface area contributed by atoms with E-state index in [1.165, 1.54) is 16.2 Å². The summed E-state index contributed by atoms with van der Waals surface area (Å²) in [5.41, 5.74) is 3.99. The number of aliphatic imine (C=N–C) groups is 1. The lowest BCUT2D eigenvalue weighted by atomic mass is 10.0. The number of halogens is 1. The fourth-order valence-electron chi connectivity index (χ4n) is 4.46. The maximum absolute atomic E-state index is 15.0. The van der Waals surface area contributed by atoms with Gasteiger partial charge in [-0.25, -0.2) is 9.18 Å². The van der Waals surface area contributed by atoms with Crippen molar-refractivity contribution in [1.82, 2.24) is 23.9 Å². The molecule has 3 aromatic heterocycles. The molecule has 33 heavy (non-hydrogen) atoms. The van der Waals surface area contributed by atoms with Crippen molar-refractivity contribution in [3.05, 3.63) is 46.5 Å². The molecule has 0 saturated carbocycles. The number of benzene rings is 1. The summed E-state index contributed by atoms with van der Waals surface area (Å²) in [6, 6.07) is 3.74. The van der Waals surface area contributed by atoms with Gasteiger partial charge in [0, 0.05) is 50.0 Å². The zero-order valence-corrected chi connectivity index (χ0v) is 19.0. The molecule has 0 N–H and O–H groups in total. The van der Waals surface area contributed by atoms with Gasteiger partial charge in [-0.15, -0.1) is 0 Å². The predicted octanol–water partition coefficient (Wildman–Crippen LogP) is 2.84. The zero-order chi connectivity index (χ0) is 23.4. The van der Waals surface area contributed by atoms with Crippen molar-refractivity contribution in [3.8, 4) is 16.9 Å². The minimum Gasteiger partial charge on any atom is -0.496 e. The monoisotopic (exact) mass is 450 g/mol. The molecular weight excluding hydrogens is 427 g/mol. The molecule has 1 aliphatic heterocycles. The first-order valence-electron chi connectivity index (χ1n) is 10.4. The summed E-state index contributed by atoms with van der Waals surface area (Å²) in [5, 5.41) is 5.13. The number of pyridine rings is 1. The largest absolute Gasteiger partial charge is 0.496 e. The third-order valence-corrected chi connectivity index (χ3v) is 6.06. The third kappa shape index (κ3) is 3.09. The second-order valence-electron chi connectivity index (χ2n) is 7.99. The van der Waals surface area contributed by atoms with Crippen LogP contribution in [0.4, 0.5) is 4.39 Å². The molecule has 0 fully saturated rings. The molecule has 0 radical (unpaired) electrons. The van der Waals surface area contributed by atoms with Crippen molar-refractivity contribution in [1.29, 1.82) is 0 Å². The number of aryl methyl sites for hydroxylation is 3. The number of allylic oxidation sites excluding steroid dienone is 1. The highest BCUT2D eigenvalue weighted by Gasteiger charge is 2.28. The van der Waals surface area contributed by atoms with Gasteiger partial charge in [0.05, 0.1) is 54.0 Å². The smallest absolute Gasteiger partial charge is 0.333 e. The topological polar surface area (TPSA) is 88.5 Å². The quantitative estimate of drug-likeness (QED) is 0.477. The Kier molecular flexibility index (Phi) is 4.89. The van der Waals surface area contributed by atoms with Gasteiger partial charge in [-0.05, 0) is 13.0 Å². The van der Waals surface area contributed by atoms with Crippen LogP contribution in [0.15, 0.2) is 40.1 Å². The first kappa shape index (κ1) is 21.1. The molecule has 9 nitrogen and oxygen atoms in total. The molecule has 0 spiro atoms. The van der Waals surface area contributed by atoms with E-state index in [1.807, 2.05) is 32.3 Å². The van der Waals surface area contributed by atoms with Crippen molar-refractivity contribution in [2.75, 3.05) is 20.8 Å². The van der Waals surface area contributed by atoms with Crippen molar-refractivity contribution >= 4 is 33.8 Å². The normalized spacial score (nSPS) is 16.4. The second-order valence-corrected chi connectivity index (χ2v) is 7.99. The molecule has 0 aliphatic carbocycles. The summed E-state index contributed by atoms with van der Waals surface area (Å²) in [6.45, 7) is 2.14. The molecule has 0 bridgehead atoms. The van der Waals surface area contributed by atoms with Crippen LogP contribution in [0.1, 0.15) is 5.69 Å². The first-order valence-corrected chi connectivity index (χ1v) is 10.4. The van der Waals surface area contributed by atoms with Crippen LogP contribution in [0.25, 0.3) is 38.8 Å². The number of hydrogen-bond donors (Lipinski definition) is 0. The number of rotatable bonds is 4. The summed E-state index contributed by atoms with van der Waals surface area (Å²) in [7, 11) is 6.56. The Hall–Kier alpha value is -3.79. The van der Waals surface area contributed by atoms with Crippen LogP contribution < -0.4 is 10.4 Å². The third-order valence-electron chi connectivity index (χ3n) is 6.06. The average Bonchev–Trinajstić information content (AvgIpc) is 3.27. The molecule has 4 heterocycles. The van der Waals surface area contributed by atoms with E-state index >= 15 is 4.39 Å².